The first-order valence-corrected chi connectivity index (χ1v) is 11.9. The molecular weight excluding hydrogens is 430 g/mol. The van der Waals surface area contributed by atoms with Gasteiger partial charge in [0.25, 0.3) is 0 Å². The molecule has 2 aromatic rings. The smallest absolute Gasteiger partial charge is 0.167 e. The molecule has 0 saturated heterocycles. The van der Waals surface area contributed by atoms with Gasteiger partial charge >= 0.3 is 0 Å². The molecule has 0 spiro atoms. The first-order chi connectivity index (χ1) is 14.3. The minimum atomic E-state index is -0.370. The molecule has 6 heteroatoms. The minimum Gasteiger partial charge on any atom is -0.494 e. The van der Waals surface area contributed by atoms with Crippen molar-refractivity contribution in [1.29, 1.82) is 0 Å². The van der Waals surface area contributed by atoms with E-state index in [0.717, 1.165) is 47.0 Å². The minimum absolute atomic E-state index is 0.0735. The Bertz CT molecular complexity index is 1100. The Morgan fingerprint density at radius 2 is 1.87 bits per heavy atom. The summed E-state index contributed by atoms with van der Waals surface area (Å²) in [4.78, 5) is 15.1. The van der Waals surface area contributed by atoms with E-state index in [2.05, 4.69) is 19.2 Å². The van der Waals surface area contributed by atoms with Crippen molar-refractivity contribution < 1.29 is 9.53 Å². The zero-order valence-corrected chi connectivity index (χ0v) is 19.8. The summed E-state index contributed by atoms with van der Waals surface area (Å²) in [6.45, 7) is 8.40. The number of fused-ring (bicyclic) bond motifs is 1. The van der Waals surface area contributed by atoms with Gasteiger partial charge in [-0.05, 0) is 51.5 Å². The highest BCUT2D eigenvalue weighted by Gasteiger charge is 2.38. The Balaban J connectivity index is 1.87. The van der Waals surface area contributed by atoms with Crippen LogP contribution in [0.1, 0.15) is 38.8 Å². The van der Waals surface area contributed by atoms with Crippen molar-refractivity contribution in [2.45, 2.75) is 33.2 Å². The number of allylic oxidation sites excluding steroid dienone is 1. The van der Waals surface area contributed by atoms with Gasteiger partial charge in [0.2, 0.25) is 0 Å². The fourth-order valence-corrected chi connectivity index (χ4v) is 6.69. The second-order valence-electron chi connectivity index (χ2n) is 7.67. The molecule has 4 rings (SSSR count). The largest absolute Gasteiger partial charge is 0.494 e. The van der Waals surface area contributed by atoms with Gasteiger partial charge in [-0.2, -0.15) is 0 Å². The van der Waals surface area contributed by atoms with E-state index in [4.69, 9.17) is 17.0 Å². The number of hydrogen-bond donors (Lipinski definition) is 1. The van der Waals surface area contributed by atoms with Crippen LogP contribution in [0.5, 0.6) is 5.75 Å². The lowest BCUT2D eigenvalue weighted by Gasteiger charge is -2.37. The number of ketones is 1. The van der Waals surface area contributed by atoms with Gasteiger partial charge in [0.15, 0.2) is 5.78 Å². The monoisotopic (exact) mass is 453 g/mol. The van der Waals surface area contributed by atoms with E-state index in [1.807, 2.05) is 55.5 Å². The number of nitrogens with one attached hydrogen (secondary N) is 1. The van der Waals surface area contributed by atoms with Crippen LogP contribution in [0, 0.1) is 0 Å². The quantitative estimate of drug-likeness (QED) is 0.407. The fourth-order valence-electron chi connectivity index (χ4n) is 3.54. The number of ether oxygens (including phenoxy) is 1. The second kappa shape index (κ2) is 8.25. The first kappa shape index (κ1) is 21.2. The van der Waals surface area contributed by atoms with E-state index in [-0.39, 0.29) is 11.3 Å². The fraction of sp³-hybridized carbons (Fsp3) is 0.250. The zero-order chi connectivity index (χ0) is 21.5. The van der Waals surface area contributed by atoms with Crippen molar-refractivity contribution in [3.8, 4) is 5.75 Å². The van der Waals surface area contributed by atoms with Crippen molar-refractivity contribution in [2.24, 2.45) is 0 Å². The number of Topliss-reactive ketones (excluding diaryl/α,β-unsaturated/α-hetero) is 1. The van der Waals surface area contributed by atoms with Gasteiger partial charge < -0.3 is 10.1 Å². The predicted octanol–water partition coefficient (Wildman–Crippen LogP) is 6.77. The number of thiocarbonyl (C=S) groups is 1. The Morgan fingerprint density at radius 1 is 1.13 bits per heavy atom. The van der Waals surface area contributed by atoms with Gasteiger partial charge in [0, 0.05) is 26.6 Å². The van der Waals surface area contributed by atoms with Crippen molar-refractivity contribution >= 4 is 62.6 Å². The van der Waals surface area contributed by atoms with Gasteiger partial charge in [0.05, 0.1) is 21.3 Å². The molecule has 154 valence electrons. The third-order valence-electron chi connectivity index (χ3n) is 4.97. The maximum atomic E-state index is 12.5. The van der Waals surface area contributed by atoms with Gasteiger partial charge in [0.1, 0.15) is 5.75 Å². The van der Waals surface area contributed by atoms with Gasteiger partial charge in [-0.15, -0.1) is 0 Å². The first-order valence-electron chi connectivity index (χ1n) is 9.82. The lowest BCUT2D eigenvalue weighted by atomic mass is 9.85. The lowest BCUT2D eigenvalue weighted by molar-refractivity contribution is -0.112. The summed E-state index contributed by atoms with van der Waals surface area (Å²) in [5.74, 6) is 0.888. The van der Waals surface area contributed by atoms with Gasteiger partial charge in [-0.3, -0.25) is 4.79 Å². The molecule has 2 aliphatic rings. The molecule has 30 heavy (non-hydrogen) atoms. The molecule has 3 nitrogen and oxygen atoms in total. The summed E-state index contributed by atoms with van der Waals surface area (Å²) in [5.41, 5.74) is 3.75. The predicted molar refractivity (Wildman–Crippen MR) is 134 cm³/mol. The summed E-state index contributed by atoms with van der Waals surface area (Å²) in [5, 5.41) is 3.56. The second-order valence-corrected chi connectivity index (χ2v) is 10.4. The molecule has 0 unspecified atom stereocenters. The Kier molecular flexibility index (Phi) is 5.84. The van der Waals surface area contributed by atoms with Crippen LogP contribution in [0.2, 0.25) is 0 Å². The van der Waals surface area contributed by atoms with Crippen LogP contribution in [-0.2, 0) is 4.79 Å². The van der Waals surface area contributed by atoms with Crippen LogP contribution in [0.25, 0.3) is 10.5 Å². The molecule has 0 saturated carbocycles. The number of anilines is 1. The molecule has 0 amide bonds. The van der Waals surface area contributed by atoms with Gasteiger partial charge in [-0.1, -0.05) is 66.1 Å². The summed E-state index contributed by atoms with van der Waals surface area (Å²) in [7, 11) is 0. The zero-order valence-electron chi connectivity index (χ0n) is 17.4. The molecule has 2 aromatic carbocycles. The molecule has 2 aliphatic heterocycles. The van der Waals surface area contributed by atoms with Crippen molar-refractivity contribution in [3.05, 3.63) is 68.8 Å². The van der Waals surface area contributed by atoms with Crippen molar-refractivity contribution in [1.82, 2.24) is 0 Å². The average Bonchev–Trinajstić information content (AvgIpc) is 3.15. The van der Waals surface area contributed by atoms with Crippen LogP contribution >= 0.6 is 35.7 Å². The highest BCUT2D eigenvalue weighted by Crippen LogP contribution is 2.58. The SMILES string of the molecule is CCOc1ccc2c(c1)/C(=C1/SC(C(C)=O)=C(c3ccccc3)S1)C(=S)C(C)(C)N2. The van der Waals surface area contributed by atoms with Crippen LogP contribution < -0.4 is 10.1 Å². The van der Waals surface area contributed by atoms with E-state index in [1.54, 1.807) is 18.7 Å². The van der Waals surface area contributed by atoms with E-state index in [9.17, 15) is 4.79 Å². The highest BCUT2D eigenvalue weighted by molar-refractivity contribution is 8.32. The average molecular weight is 454 g/mol. The maximum Gasteiger partial charge on any atom is 0.167 e. The lowest BCUT2D eigenvalue weighted by Crippen LogP contribution is -2.43. The Hall–Kier alpha value is -2.02. The van der Waals surface area contributed by atoms with E-state index >= 15 is 0 Å². The molecule has 0 radical (unpaired) electrons. The molecule has 1 N–H and O–H groups in total. The molecule has 0 fully saturated rings. The number of hydrogen-bond acceptors (Lipinski definition) is 6. The summed E-state index contributed by atoms with van der Waals surface area (Å²) < 4.78 is 6.80. The Labute approximate surface area is 191 Å². The van der Waals surface area contributed by atoms with Crippen molar-refractivity contribution in [2.75, 3.05) is 11.9 Å². The van der Waals surface area contributed by atoms with Crippen LogP contribution in [0.15, 0.2) is 57.7 Å². The molecular formula is C24H23NO2S3. The molecule has 0 aliphatic carbocycles. The summed E-state index contributed by atoms with van der Waals surface area (Å²) in [6.07, 6.45) is 0. The maximum absolute atomic E-state index is 12.5. The molecule has 2 heterocycles. The van der Waals surface area contributed by atoms with Gasteiger partial charge in [-0.25, -0.2) is 0 Å². The number of carbonyl (C=O) groups is 1. The third kappa shape index (κ3) is 3.84. The van der Waals surface area contributed by atoms with Crippen LogP contribution in [0.4, 0.5) is 5.69 Å². The normalized spacial score (nSPS) is 20.1. The number of thioether (sulfide) groups is 2. The topological polar surface area (TPSA) is 38.3 Å². The summed E-state index contributed by atoms with van der Waals surface area (Å²) >= 11 is 9.12. The Morgan fingerprint density at radius 3 is 2.53 bits per heavy atom. The standard InChI is InChI=1S/C24H23NO2S3/c1-5-27-16-11-12-18-17(13-16)19(22(28)24(3,4)25-18)23-29-20(14(2)26)21(30-23)15-9-7-6-8-10-15/h6-13,25H,5H2,1-4H3/b23-19+. The van der Waals surface area contributed by atoms with Crippen molar-refractivity contribution in [3.63, 3.8) is 0 Å². The van der Waals surface area contributed by atoms with E-state index in [0.29, 0.717) is 6.61 Å². The number of benzene rings is 2. The van der Waals surface area contributed by atoms with E-state index < -0.39 is 0 Å². The van der Waals surface area contributed by atoms with E-state index in [1.165, 1.54) is 11.8 Å². The highest BCUT2D eigenvalue weighted by atomic mass is 32.2. The van der Waals surface area contributed by atoms with Crippen LogP contribution in [0.3, 0.4) is 0 Å². The molecule has 0 bridgehead atoms. The number of rotatable bonds is 4. The number of carbonyl (C=O) groups excluding carboxylic acids is 1. The third-order valence-corrected chi connectivity index (χ3v) is 8.43. The molecule has 0 atom stereocenters. The molecule has 0 aromatic heterocycles. The van der Waals surface area contributed by atoms with Crippen LogP contribution in [-0.4, -0.2) is 22.8 Å². The summed E-state index contributed by atoms with van der Waals surface area (Å²) in [6, 6.07) is 16.1.